The van der Waals surface area contributed by atoms with Gasteiger partial charge in [0, 0.05) is 16.5 Å². The zero-order valence-electron chi connectivity index (χ0n) is 8.41. The van der Waals surface area contributed by atoms with Gasteiger partial charge >= 0.3 is 0 Å². The molecule has 0 unspecified atom stereocenters. The van der Waals surface area contributed by atoms with Crippen LogP contribution in [0.25, 0.3) is 0 Å². The lowest BCUT2D eigenvalue weighted by molar-refractivity contribution is 0.107. The van der Waals surface area contributed by atoms with Crippen LogP contribution < -0.4 is 0 Å². The number of aromatic nitrogens is 1. The molecule has 0 atom stereocenters. The summed E-state index contributed by atoms with van der Waals surface area (Å²) in [5.74, 6) is 0.347. The van der Waals surface area contributed by atoms with Crippen molar-refractivity contribution in [2.24, 2.45) is 0 Å². The maximum atomic E-state index is 11.1. The summed E-state index contributed by atoms with van der Waals surface area (Å²) in [5, 5.41) is 3.91. The fourth-order valence-corrected chi connectivity index (χ4v) is 2.10. The minimum atomic E-state index is -0.621. The predicted octanol–water partition coefficient (Wildman–Crippen LogP) is 3.95. The third-order valence-electron chi connectivity index (χ3n) is 2.26. The van der Waals surface area contributed by atoms with E-state index in [1.54, 1.807) is 18.2 Å². The smallest absolute Gasteiger partial charge is 0.257 e. The van der Waals surface area contributed by atoms with Crippen molar-refractivity contribution in [1.29, 1.82) is 0 Å². The van der Waals surface area contributed by atoms with Crippen molar-refractivity contribution in [3.63, 3.8) is 0 Å². The first kappa shape index (κ1) is 12.4. The van der Waals surface area contributed by atoms with Crippen molar-refractivity contribution < 1.29 is 9.32 Å². The molecule has 1 heterocycles. The van der Waals surface area contributed by atoms with E-state index in [0.29, 0.717) is 21.4 Å². The third-order valence-corrected chi connectivity index (χ3v) is 3.17. The van der Waals surface area contributed by atoms with Crippen LogP contribution in [0.4, 0.5) is 0 Å². The molecule has 88 valence electrons. The van der Waals surface area contributed by atoms with Crippen molar-refractivity contribution in [2.75, 3.05) is 0 Å². The normalized spacial score (nSPS) is 10.5. The average molecular weight is 291 g/mol. The van der Waals surface area contributed by atoms with Crippen molar-refractivity contribution in [3.05, 3.63) is 51.3 Å². The summed E-state index contributed by atoms with van der Waals surface area (Å²) in [6.07, 6.45) is 1.54. The summed E-state index contributed by atoms with van der Waals surface area (Å²) in [6.45, 7) is 0. The number of hydrogen-bond acceptors (Lipinski definition) is 3. The zero-order chi connectivity index (χ0) is 12.4. The fourth-order valence-electron chi connectivity index (χ4n) is 1.41. The van der Waals surface area contributed by atoms with Gasteiger partial charge < -0.3 is 4.52 Å². The molecule has 2 rings (SSSR count). The Morgan fingerprint density at radius 1 is 1.29 bits per heavy atom. The van der Waals surface area contributed by atoms with E-state index in [9.17, 15) is 4.79 Å². The second-order valence-corrected chi connectivity index (χ2v) is 4.47. The average Bonchev–Trinajstić information content (AvgIpc) is 2.72. The van der Waals surface area contributed by atoms with E-state index in [4.69, 9.17) is 39.3 Å². The molecule has 0 N–H and O–H groups in total. The summed E-state index contributed by atoms with van der Waals surface area (Å²) in [4.78, 5) is 11.1. The van der Waals surface area contributed by atoms with Crippen molar-refractivity contribution in [1.82, 2.24) is 5.16 Å². The SMILES string of the molecule is O=C(Cl)c1cnoc1Cc1c(Cl)cccc1Cl. The second kappa shape index (κ2) is 5.08. The Balaban J connectivity index is 2.38. The van der Waals surface area contributed by atoms with Crippen LogP contribution in [0, 0.1) is 0 Å². The van der Waals surface area contributed by atoms with Gasteiger partial charge in [-0.15, -0.1) is 0 Å². The molecule has 0 saturated heterocycles. The van der Waals surface area contributed by atoms with Crippen LogP contribution in [0.3, 0.4) is 0 Å². The lowest BCUT2D eigenvalue weighted by atomic mass is 10.1. The summed E-state index contributed by atoms with van der Waals surface area (Å²) in [6, 6.07) is 5.16. The van der Waals surface area contributed by atoms with Crippen LogP contribution >= 0.6 is 34.8 Å². The maximum Gasteiger partial charge on any atom is 0.257 e. The highest BCUT2D eigenvalue weighted by atomic mass is 35.5. The van der Waals surface area contributed by atoms with E-state index >= 15 is 0 Å². The lowest BCUT2D eigenvalue weighted by Crippen LogP contribution is -1.96. The predicted molar refractivity (Wildman–Crippen MR) is 66.0 cm³/mol. The second-order valence-electron chi connectivity index (χ2n) is 3.31. The van der Waals surface area contributed by atoms with Gasteiger partial charge in [-0.05, 0) is 29.3 Å². The first-order chi connectivity index (χ1) is 8.09. The first-order valence-electron chi connectivity index (χ1n) is 4.66. The van der Waals surface area contributed by atoms with Crippen LogP contribution in [0.2, 0.25) is 10.0 Å². The number of carbonyl (C=O) groups excluding carboxylic acids is 1. The molecule has 1 aromatic carbocycles. The molecular weight excluding hydrogens is 284 g/mol. The highest BCUT2D eigenvalue weighted by Gasteiger charge is 2.17. The third kappa shape index (κ3) is 2.63. The summed E-state index contributed by atoms with van der Waals surface area (Å²) in [7, 11) is 0. The van der Waals surface area contributed by atoms with Gasteiger partial charge in [-0.3, -0.25) is 4.79 Å². The van der Waals surface area contributed by atoms with Gasteiger partial charge in [0.25, 0.3) is 5.24 Å². The highest BCUT2D eigenvalue weighted by Crippen LogP contribution is 2.28. The number of hydrogen-bond donors (Lipinski definition) is 0. The molecule has 0 saturated carbocycles. The Hall–Kier alpha value is -1.03. The quantitative estimate of drug-likeness (QED) is 0.804. The Morgan fingerprint density at radius 2 is 1.94 bits per heavy atom. The van der Waals surface area contributed by atoms with Gasteiger partial charge in [-0.2, -0.15) is 0 Å². The molecule has 0 aliphatic rings. The van der Waals surface area contributed by atoms with Crippen molar-refractivity contribution in [2.45, 2.75) is 6.42 Å². The van der Waals surface area contributed by atoms with E-state index in [-0.39, 0.29) is 12.0 Å². The molecule has 0 radical (unpaired) electrons. The van der Waals surface area contributed by atoms with E-state index < -0.39 is 5.24 Å². The van der Waals surface area contributed by atoms with Crippen LogP contribution in [0.1, 0.15) is 21.7 Å². The van der Waals surface area contributed by atoms with Crippen LogP contribution in [0.5, 0.6) is 0 Å². The number of carbonyl (C=O) groups is 1. The molecule has 0 aliphatic heterocycles. The molecule has 6 heteroatoms. The van der Waals surface area contributed by atoms with Crippen molar-refractivity contribution >= 4 is 40.0 Å². The molecule has 3 nitrogen and oxygen atoms in total. The van der Waals surface area contributed by atoms with E-state index in [2.05, 4.69) is 5.16 Å². The van der Waals surface area contributed by atoms with Crippen molar-refractivity contribution in [3.8, 4) is 0 Å². The summed E-state index contributed by atoms with van der Waals surface area (Å²) < 4.78 is 4.97. The zero-order valence-corrected chi connectivity index (χ0v) is 10.7. The number of rotatable bonds is 3. The largest absolute Gasteiger partial charge is 0.360 e. The number of benzene rings is 1. The van der Waals surface area contributed by atoms with E-state index in [0.717, 1.165) is 0 Å². The van der Waals surface area contributed by atoms with E-state index in [1.807, 2.05) is 0 Å². The van der Waals surface area contributed by atoms with Gasteiger partial charge in [-0.1, -0.05) is 34.4 Å². The topological polar surface area (TPSA) is 43.1 Å². The monoisotopic (exact) mass is 289 g/mol. The molecule has 17 heavy (non-hydrogen) atoms. The number of halogens is 3. The minimum absolute atomic E-state index is 0.225. The van der Waals surface area contributed by atoms with Crippen LogP contribution in [-0.2, 0) is 6.42 Å². The molecule has 0 amide bonds. The fraction of sp³-hybridized carbons (Fsp3) is 0.0909. The molecule has 0 spiro atoms. The summed E-state index contributed by atoms with van der Waals surface area (Å²) >= 11 is 17.4. The molecule has 0 aliphatic carbocycles. The summed E-state index contributed by atoms with van der Waals surface area (Å²) in [5.41, 5.74) is 0.898. The molecule has 2 aromatic rings. The maximum absolute atomic E-state index is 11.1. The molecule has 0 fully saturated rings. The Labute approximate surface area is 112 Å². The standard InChI is InChI=1S/C11H6Cl3NO2/c12-8-2-1-3-9(13)6(8)4-10-7(11(14)16)5-15-17-10/h1-3,5H,4H2. The highest BCUT2D eigenvalue weighted by molar-refractivity contribution is 6.67. The first-order valence-corrected chi connectivity index (χ1v) is 5.79. The molecule has 0 bridgehead atoms. The Kier molecular flexibility index (Phi) is 3.72. The molecular formula is C11H6Cl3NO2. The van der Waals surface area contributed by atoms with Gasteiger partial charge in [-0.25, -0.2) is 0 Å². The lowest BCUT2D eigenvalue weighted by Gasteiger charge is -2.04. The van der Waals surface area contributed by atoms with Gasteiger partial charge in [0.15, 0.2) is 5.76 Å². The van der Waals surface area contributed by atoms with Gasteiger partial charge in [0.2, 0.25) is 0 Å². The molecule has 1 aromatic heterocycles. The minimum Gasteiger partial charge on any atom is -0.360 e. The van der Waals surface area contributed by atoms with E-state index in [1.165, 1.54) is 6.20 Å². The number of nitrogens with zero attached hydrogens (tertiary/aromatic N) is 1. The van der Waals surface area contributed by atoms with Crippen LogP contribution in [0.15, 0.2) is 28.9 Å². The van der Waals surface area contributed by atoms with Gasteiger partial charge in [0.05, 0.1) is 11.8 Å². The Bertz CT molecular complexity index is 545. The van der Waals surface area contributed by atoms with Gasteiger partial charge in [0.1, 0.15) is 0 Å². The van der Waals surface area contributed by atoms with Crippen LogP contribution in [-0.4, -0.2) is 10.4 Å². The Morgan fingerprint density at radius 3 is 2.53 bits per heavy atom.